The first kappa shape index (κ1) is 15.0. The van der Waals surface area contributed by atoms with Crippen molar-refractivity contribution in [3.05, 3.63) is 28.5 Å². The number of rotatable bonds is 4. The molecule has 2 rings (SSSR count). The summed E-state index contributed by atoms with van der Waals surface area (Å²) >= 11 is 3.37. The van der Waals surface area contributed by atoms with Gasteiger partial charge in [-0.3, -0.25) is 14.6 Å². The van der Waals surface area contributed by atoms with Crippen molar-refractivity contribution in [2.45, 2.75) is 38.8 Å². The van der Waals surface area contributed by atoms with Crippen molar-refractivity contribution in [2.75, 3.05) is 6.54 Å². The second kappa shape index (κ2) is 5.91. The molecule has 1 N–H and O–H groups in total. The van der Waals surface area contributed by atoms with Gasteiger partial charge in [0.25, 0.3) is 0 Å². The number of nitrogens with zero attached hydrogens (tertiary/aromatic N) is 2. The Bertz CT molecular complexity index is 529. The Morgan fingerprint density at radius 2 is 2.05 bits per heavy atom. The molecule has 1 aromatic rings. The summed E-state index contributed by atoms with van der Waals surface area (Å²) in [5.74, 6) is -0.113. The first-order valence-corrected chi connectivity index (χ1v) is 7.51. The zero-order valence-electron chi connectivity index (χ0n) is 11.6. The molecule has 0 spiro atoms. The minimum atomic E-state index is -0.752. The van der Waals surface area contributed by atoms with Crippen molar-refractivity contribution < 1.29 is 9.59 Å². The lowest BCUT2D eigenvalue weighted by Crippen LogP contribution is -2.66. The molecule has 108 valence electrons. The zero-order valence-corrected chi connectivity index (χ0v) is 13.2. The Hall–Kier alpha value is -1.43. The van der Waals surface area contributed by atoms with Gasteiger partial charge >= 0.3 is 0 Å². The lowest BCUT2D eigenvalue weighted by atomic mass is 9.87. The highest BCUT2D eigenvalue weighted by Gasteiger charge is 2.46. The fourth-order valence-corrected chi connectivity index (χ4v) is 3.11. The fraction of sp³-hybridized carbons (Fsp3) is 0.500. The maximum Gasteiger partial charge on any atom is 0.246 e. The van der Waals surface area contributed by atoms with E-state index >= 15 is 0 Å². The number of piperazine rings is 1. The highest BCUT2D eigenvalue weighted by atomic mass is 79.9. The second-order valence-corrected chi connectivity index (χ2v) is 5.83. The molecule has 1 aliphatic heterocycles. The molecule has 2 amide bonds. The fourth-order valence-electron chi connectivity index (χ4n) is 2.69. The van der Waals surface area contributed by atoms with Crippen LogP contribution >= 0.6 is 15.9 Å². The molecular formula is C14H18BrN3O2. The molecule has 1 saturated heterocycles. The average Bonchev–Trinajstić information content (AvgIpc) is 2.44. The maximum atomic E-state index is 12.3. The zero-order chi connectivity index (χ0) is 14.8. The molecule has 1 aromatic heterocycles. The van der Waals surface area contributed by atoms with E-state index in [-0.39, 0.29) is 18.4 Å². The molecule has 0 bridgehead atoms. The average molecular weight is 340 g/mol. The summed E-state index contributed by atoms with van der Waals surface area (Å²) in [4.78, 5) is 30.3. The van der Waals surface area contributed by atoms with Gasteiger partial charge in [-0.15, -0.1) is 0 Å². The van der Waals surface area contributed by atoms with E-state index in [1.165, 1.54) is 0 Å². The van der Waals surface area contributed by atoms with Gasteiger partial charge in [0.1, 0.15) is 5.54 Å². The molecule has 0 radical (unpaired) electrons. The van der Waals surface area contributed by atoms with Crippen LogP contribution in [0.25, 0.3) is 0 Å². The van der Waals surface area contributed by atoms with Crippen LogP contribution in [0.4, 0.5) is 0 Å². The number of aromatic nitrogens is 1. The van der Waals surface area contributed by atoms with Crippen LogP contribution in [-0.4, -0.2) is 33.8 Å². The molecule has 20 heavy (non-hydrogen) atoms. The summed E-state index contributed by atoms with van der Waals surface area (Å²) in [5, 5.41) is 2.70. The van der Waals surface area contributed by atoms with Crippen LogP contribution in [-0.2, 0) is 16.1 Å². The van der Waals surface area contributed by atoms with Gasteiger partial charge in [0.2, 0.25) is 11.8 Å². The SMILES string of the molecule is CCC1(CC)C(=O)NCC(=O)N1Cc1cncc(Br)c1. The summed E-state index contributed by atoms with van der Waals surface area (Å²) in [5.41, 5.74) is 0.159. The van der Waals surface area contributed by atoms with E-state index in [9.17, 15) is 9.59 Å². The highest BCUT2D eigenvalue weighted by Crippen LogP contribution is 2.29. The van der Waals surface area contributed by atoms with Crippen LogP contribution in [0.5, 0.6) is 0 Å². The lowest BCUT2D eigenvalue weighted by molar-refractivity contribution is -0.155. The first-order chi connectivity index (χ1) is 9.53. The summed E-state index contributed by atoms with van der Waals surface area (Å²) in [6, 6.07) is 1.92. The summed E-state index contributed by atoms with van der Waals surface area (Å²) < 4.78 is 0.863. The van der Waals surface area contributed by atoms with Gasteiger partial charge in [0, 0.05) is 23.4 Å². The smallest absolute Gasteiger partial charge is 0.246 e. The molecule has 0 unspecified atom stereocenters. The minimum Gasteiger partial charge on any atom is -0.345 e. The molecule has 0 atom stereocenters. The van der Waals surface area contributed by atoms with Crippen molar-refractivity contribution >= 4 is 27.7 Å². The highest BCUT2D eigenvalue weighted by molar-refractivity contribution is 9.10. The Morgan fingerprint density at radius 1 is 1.35 bits per heavy atom. The number of amides is 2. The lowest BCUT2D eigenvalue weighted by Gasteiger charge is -2.45. The molecule has 2 heterocycles. The third-order valence-electron chi connectivity index (χ3n) is 3.91. The van der Waals surface area contributed by atoms with Crippen LogP contribution in [0.15, 0.2) is 22.9 Å². The normalized spacial score (nSPS) is 18.1. The Morgan fingerprint density at radius 3 is 2.65 bits per heavy atom. The standard InChI is InChI=1S/C14H18BrN3O2/c1-3-14(4-2)13(20)17-8-12(19)18(14)9-10-5-11(15)7-16-6-10/h5-7H,3-4,8-9H2,1-2H3,(H,17,20). The molecule has 0 saturated carbocycles. The van der Waals surface area contributed by atoms with Crippen molar-refractivity contribution in [3.8, 4) is 0 Å². The number of hydrogen-bond donors (Lipinski definition) is 1. The van der Waals surface area contributed by atoms with Gasteiger partial charge < -0.3 is 10.2 Å². The predicted molar refractivity (Wildman–Crippen MR) is 78.8 cm³/mol. The van der Waals surface area contributed by atoms with Crippen molar-refractivity contribution in [1.29, 1.82) is 0 Å². The van der Waals surface area contributed by atoms with Crippen molar-refractivity contribution in [1.82, 2.24) is 15.2 Å². The molecule has 1 aliphatic rings. The van der Waals surface area contributed by atoms with Gasteiger partial charge in [-0.05, 0) is 40.4 Å². The van der Waals surface area contributed by atoms with Crippen LogP contribution in [0.2, 0.25) is 0 Å². The predicted octanol–water partition coefficient (Wildman–Crippen LogP) is 1.86. The van der Waals surface area contributed by atoms with Crippen LogP contribution in [0.1, 0.15) is 32.3 Å². The number of hydrogen-bond acceptors (Lipinski definition) is 3. The van der Waals surface area contributed by atoms with E-state index in [1.54, 1.807) is 17.3 Å². The second-order valence-electron chi connectivity index (χ2n) is 4.91. The maximum absolute atomic E-state index is 12.3. The molecule has 6 heteroatoms. The third kappa shape index (κ3) is 2.57. The quantitative estimate of drug-likeness (QED) is 0.910. The molecule has 5 nitrogen and oxygen atoms in total. The van der Waals surface area contributed by atoms with E-state index in [0.29, 0.717) is 19.4 Å². The van der Waals surface area contributed by atoms with Crippen LogP contribution in [0, 0.1) is 0 Å². The molecular weight excluding hydrogens is 322 g/mol. The van der Waals surface area contributed by atoms with Crippen molar-refractivity contribution in [3.63, 3.8) is 0 Å². The summed E-state index contributed by atoms with van der Waals surface area (Å²) in [6.45, 7) is 4.35. The Labute approximate surface area is 126 Å². The van der Waals surface area contributed by atoms with Gasteiger partial charge in [0.15, 0.2) is 0 Å². The minimum absolute atomic E-state index is 0.0479. The summed E-state index contributed by atoms with van der Waals surface area (Å²) in [7, 11) is 0. The van der Waals surface area contributed by atoms with E-state index in [0.717, 1.165) is 10.0 Å². The monoisotopic (exact) mass is 339 g/mol. The topological polar surface area (TPSA) is 62.3 Å². The molecule has 0 aromatic carbocycles. The van der Waals surface area contributed by atoms with E-state index < -0.39 is 5.54 Å². The van der Waals surface area contributed by atoms with Gasteiger partial charge in [-0.25, -0.2) is 0 Å². The van der Waals surface area contributed by atoms with Gasteiger partial charge in [-0.2, -0.15) is 0 Å². The van der Waals surface area contributed by atoms with E-state index in [2.05, 4.69) is 26.2 Å². The number of carbonyl (C=O) groups is 2. The van der Waals surface area contributed by atoms with Gasteiger partial charge in [0.05, 0.1) is 6.54 Å². The van der Waals surface area contributed by atoms with Gasteiger partial charge in [-0.1, -0.05) is 13.8 Å². The number of pyridine rings is 1. The van der Waals surface area contributed by atoms with Crippen molar-refractivity contribution in [2.24, 2.45) is 0 Å². The third-order valence-corrected chi connectivity index (χ3v) is 4.35. The van der Waals surface area contributed by atoms with E-state index in [4.69, 9.17) is 0 Å². The molecule has 1 fully saturated rings. The Kier molecular flexibility index (Phi) is 4.42. The van der Waals surface area contributed by atoms with E-state index in [1.807, 2.05) is 19.9 Å². The van der Waals surface area contributed by atoms with Crippen LogP contribution < -0.4 is 5.32 Å². The number of nitrogens with one attached hydrogen (secondary N) is 1. The van der Waals surface area contributed by atoms with Crippen LogP contribution in [0.3, 0.4) is 0 Å². The molecule has 0 aliphatic carbocycles. The number of carbonyl (C=O) groups excluding carboxylic acids is 2. The summed E-state index contributed by atoms with van der Waals surface area (Å²) in [6.07, 6.45) is 4.62. The first-order valence-electron chi connectivity index (χ1n) is 6.71. The largest absolute Gasteiger partial charge is 0.345 e. The Balaban J connectivity index is 2.34. The number of halogens is 1.